The van der Waals surface area contributed by atoms with Crippen LogP contribution in [0.2, 0.25) is 5.02 Å². The maximum Gasteiger partial charge on any atom is 0.240 e. The van der Waals surface area contributed by atoms with Crippen LogP contribution in [-0.2, 0) is 10.0 Å². The van der Waals surface area contributed by atoms with Gasteiger partial charge in [-0.15, -0.1) is 0 Å². The molecule has 1 atom stereocenters. The van der Waals surface area contributed by atoms with Crippen molar-refractivity contribution in [3.05, 3.63) is 23.2 Å². The highest BCUT2D eigenvalue weighted by molar-refractivity contribution is 7.89. The zero-order valence-electron chi connectivity index (χ0n) is 8.64. The van der Waals surface area contributed by atoms with Crippen molar-refractivity contribution in [3.8, 4) is 0 Å². The van der Waals surface area contributed by atoms with Crippen LogP contribution in [0.1, 0.15) is 6.92 Å². The fourth-order valence-electron chi connectivity index (χ4n) is 1.06. The summed E-state index contributed by atoms with van der Waals surface area (Å²) in [5.41, 5.74) is 5.70. The Morgan fingerprint density at radius 3 is 2.69 bits per heavy atom. The number of nitrogen functional groups attached to an aromatic ring is 1. The molecule has 0 saturated heterocycles. The molecule has 0 aliphatic rings. The first kappa shape index (κ1) is 13.2. The Balaban J connectivity index is 3.03. The number of anilines is 1. The molecule has 7 heteroatoms. The highest BCUT2D eigenvalue weighted by atomic mass is 35.5. The van der Waals surface area contributed by atoms with Crippen LogP contribution in [0.25, 0.3) is 0 Å². The number of aliphatic hydroxyl groups excluding tert-OH is 1. The molecule has 4 N–H and O–H groups in total. The van der Waals surface area contributed by atoms with Gasteiger partial charge in [0.1, 0.15) is 0 Å². The van der Waals surface area contributed by atoms with Gasteiger partial charge in [-0.3, -0.25) is 0 Å². The van der Waals surface area contributed by atoms with Crippen molar-refractivity contribution in [2.24, 2.45) is 0 Å². The summed E-state index contributed by atoms with van der Waals surface area (Å²) in [7, 11) is -3.66. The van der Waals surface area contributed by atoms with Crippen LogP contribution in [0.5, 0.6) is 0 Å². The molecule has 1 rings (SSSR count). The first-order chi connectivity index (χ1) is 7.36. The van der Waals surface area contributed by atoms with Crippen LogP contribution in [-0.4, -0.2) is 26.2 Å². The summed E-state index contributed by atoms with van der Waals surface area (Å²) in [4.78, 5) is 0.0229. The maximum atomic E-state index is 11.7. The van der Waals surface area contributed by atoms with Crippen molar-refractivity contribution in [3.63, 3.8) is 0 Å². The summed E-state index contributed by atoms with van der Waals surface area (Å²) in [6.07, 6.45) is 0. The molecule has 1 aromatic rings. The van der Waals surface area contributed by atoms with E-state index in [1.54, 1.807) is 6.92 Å². The van der Waals surface area contributed by atoms with Gasteiger partial charge in [0.15, 0.2) is 0 Å². The maximum absolute atomic E-state index is 11.7. The van der Waals surface area contributed by atoms with E-state index in [9.17, 15) is 8.42 Å². The van der Waals surface area contributed by atoms with Gasteiger partial charge < -0.3 is 10.8 Å². The van der Waals surface area contributed by atoms with Crippen LogP contribution in [0.15, 0.2) is 23.1 Å². The van der Waals surface area contributed by atoms with Gasteiger partial charge in [0, 0.05) is 6.04 Å². The summed E-state index contributed by atoms with van der Waals surface area (Å²) in [6.45, 7) is 1.28. The molecule has 0 aliphatic carbocycles. The molecule has 0 radical (unpaired) electrons. The van der Waals surface area contributed by atoms with E-state index in [4.69, 9.17) is 22.4 Å². The van der Waals surface area contributed by atoms with Crippen molar-refractivity contribution in [1.29, 1.82) is 0 Å². The predicted molar refractivity (Wildman–Crippen MR) is 62.7 cm³/mol. The Hall–Kier alpha value is -0.820. The van der Waals surface area contributed by atoms with Crippen LogP contribution >= 0.6 is 11.6 Å². The van der Waals surface area contributed by atoms with Crippen molar-refractivity contribution >= 4 is 27.3 Å². The quantitative estimate of drug-likeness (QED) is 0.694. The third-order valence-electron chi connectivity index (χ3n) is 1.91. The second-order valence-electron chi connectivity index (χ2n) is 3.39. The van der Waals surface area contributed by atoms with Gasteiger partial charge in [0.05, 0.1) is 22.2 Å². The van der Waals surface area contributed by atoms with Crippen molar-refractivity contribution in [2.45, 2.75) is 17.9 Å². The lowest BCUT2D eigenvalue weighted by Gasteiger charge is -2.12. The molecule has 0 heterocycles. The largest absolute Gasteiger partial charge is 0.397 e. The molecule has 0 bridgehead atoms. The van der Waals surface area contributed by atoms with Gasteiger partial charge in [-0.05, 0) is 25.1 Å². The minimum absolute atomic E-state index is 0.0229. The van der Waals surface area contributed by atoms with E-state index in [1.165, 1.54) is 18.2 Å². The van der Waals surface area contributed by atoms with E-state index in [1.807, 2.05) is 0 Å². The molecule has 0 fully saturated rings. The van der Waals surface area contributed by atoms with Crippen molar-refractivity contribution in [1.82, 2.24) is 4.72 Å². The smallest absolute Gasteiger partial charge is 0.240 e. The lowest BCUT2D eigenvalue weighted by atomic mass is 10.3. The molecule has 0 aliphatic heterocycles. The molecular formula is C9H13ClN2O3S. The van der Waals surface area contributed by atoms with E-state index < -0.39 is 16.1 Å². The molecule has 0 spiro atoms. The minimum atomic E-state index is -3.66. The molecule has 5 nitrogen and oxygen atoms in total. The fraction of sp³-hybridized carbons (Fsp3) is 0.333. The zero-order chi connectivity index (χ0) is 12.3. The number of hydrogen-bond acceptors (Lipinski definition) is 4. The standard InChI is InChI=1S/C9H13ClN2O3S/c1-6(5-13)12-16(14,15)7-2-3-8(10)9(11)4-7/h2-4,6,12-13H,5,11H2,1H3/t6-/m1/s1. The predicted octanol–water partition coefficient (Wildman–Crippen LogP) is 0.581. The highest BCUT2D eigenvalue weighted by Crippen LogP contribution is 2.22. The SMILES string of the molecule is C[C@H](CO)NS(=O)(=O)c1ccc(Cl)c(N)c1. The van der Waals surface area contributed by atoms with E-state index in [-0.39, 0.29) is 17.2 Å². The van der Waals surface area contributed by atoms with Crippen LogP contribution in [0.4, 0.5) is 5.69 Å². The number of rotatable bonds is 4. The lowest BCUT2D eigenvalue weighted by Crippen LogP contribution is -2.35. The third-order valence-corrected chi connectivity index (χ3v) is 3.84. The molecule has 0 aromatic heterocycles. The average Bonchev–Trinajstić information content (AvgIpc) is 2.21. The number of aliphatic hydroxyl groups is 1. The second-order valence-corrected chi connectivity index (χ2v) is 5.51. The topological polar surface area (TPSA) is 92.4 Å². The number of benzene rings is 1. The van der Waals surface area contributed by atoms with Gasteiger partial charge in [-0.1, -0.05) is 11.6 Å². The van der Waals surface area contributed by atoms with Crippen LogP contribution in [0, 0.1) is 0 Å². The minimum Gasteiger partial charge on any atom is -0.397 e. The number of nitrogens with two attached hydrogens (primary N) is 1. The average molecular weight is 265 g/mol. The first-order valence-corrected chi connectivity index (χ1v) is 6.41. The van der Waals surface area contributed by atoms with Gasteiger partial charge in [0.2, 0.25) is 10.0 Å². The van der Waals surface area contributed by atoms with Crippen LogP contribution in [0.3, 0.4) is 0 Å². The molecule has 0 saturated carbocycles. The molecular weight excluding hydrogens is 252 g/mol. The number of sulfonamides is 1. The monoisotopic (exact) mass is 264 g/mol. The normalized spacial score (nSPS) is 13.7. The first-order valence-electron chi connectivity index (χ1n) is 4.55. The Kier molecular flexibility index (Phi) is 4.15. The Labute approximate surface area is 99.3 Å². The second kappa shape index (κ2) is 5.01. The Bertz CT molecular complexity index is 476. The van der Waals surface area contributed by atoms with Gasteiger partial charge in [0.25, 0.3) is 0 Å². The highest BCUT2D eigenvalue weighted by Gasteiger charge is 2.17. The molecule has 0 amide bonds. The van der Waals surface area contributed by atoms with Crippen molar-refractivity contribution < 1.29 is 13.5 Å². The van der Waals surface area contributed by atoms with E-state index in [0.717, 1.165) is 0 Å². The van der Waals surface area contributed by atoms with Gasteiger partial charge >= 0.3 is 0 Å². The molecule has 16 heavy (non-hydrogen) atoms. The molecule has 90 valence electrons. The summed E-state index contributed by atoms with van der Waals surface area (Å²) >= 11 is 5.68. The van der Waals surface area contributed by atoms with E-state index >= 15 is 0 Å². The van der Waals surface area contributed by atoms with Crippen LogP contribution < -0.4 is 10.5 Å². The van der Waals surface area contributed by atoms with E-state index in [0.29, 0.717) is 5.02 Å². The third kappa shape index (κ3) is 3.08. The number of halogens is 1. The molecule has 0 unspecified atom stereocenters. The number of nitrogens with one attached hydrogen (secondary N) is 1. The van der Waals surface area contributed by atoms with E-state index in [2.05, 4.69) is 4.72 Å². The number of hydrogen-bond donors (Lipinski definition) is 3. The van der Waals surface area contributed by atoms with Gasteiger partial charge in [-0.25, -0.2) is 13.1 Å². The summed E-state index contributed by atoms with van der Waals surface area (Å²) < 4.78 is 25.8. The van der Waals surface area contributed by atoms with Gasteiger partial charge in [-0.2, -0.15) is 0 Å². The summed E-state index contributed by atoms with van der Waals surface area (Å²) in [6, 6.07) is 3.48. The fourth-order valence-corrected chi connectivity index (χ4v) is 2.45. The summed E-state index contributed by atoms with van der Waals surface area (Å²) in [5, 5.41) is 9.07. The zero-order valence-corrected chi connectivity index (χ0v) is 10.2. The molecule has 1 aromatic carbocycles. The van der Waals surface area contributed by atoms with Crippen molar-refractivity contribution in [2.75, 3.05) is 12.3 Å². The Morgan fingerprint density at radius 2 is 2.19 bits per heavy atom. The lowest BCUT2D eigenvalue weighted by molar-refractivity contribution is 0.265. The summed E-state index contributed by atoms with van der Waals surface area (Å²) in [5.74, 6) is 0. The Morgan fingerprint density at radius 1 is 1.56 bits per heavy atom.